The lowest BCUT2D eigenvalue weighted by Gasteiger charge is -2.07. The van der Waals surface area contributed by atoms with E-state index in [2.05, 4.69) is 17.2 Å². The third-order valence-corrected chi connectivity index (χ3v) is 5.43. The number of hydrogen-bond donors (Lipinski definition) is 1. The maximum atomic E-state index is 11.4. The number of carboxylic acids is 1. The zero-order chi connectivity index (χ0) is 22.1. The first-order valence-corrected chi connectivity index (χ1v) is 10.0. The molecule has 0 atom stereocenters. The lowest BCUT2D eigenvalue weighted by molar-refractivity contribution is 0.0697. The standard InChI is InChI=1S/C26H19N3O3/c1-32-22-7-5-21(6-8-22)29-16-24(17-9-11-27-12-10-17)23-14-20(15-28-25(23)29)18-3-2-4-19(13-18)26(30)31/h2-16H,1H3,(H,30,31). The molecule has 156 valence electrons. The first-order valence-electron chi connectivity index (χ1n) is 10.0. The third kappa shape index (κ3) is 3.48. The molecule has 0 bridgehead atoms. The van der Waals surface area contributed by atoms with Gasteiger partial charge in [-0.1, -0.05) is 12.1 Å². The number of ether oxygens (including phenoxy) is 1. The summed E-state index contributed by atoms with van der Waals surface area (Å²) in [5, 5.41) is 10.3. The predicted molar refractivity (Wildman–Crippen MR) is 123 cm³/mol. The van der Waals surface area contributed by atoms with Crippen molar-refractivity contribution in [2.75, 3.05) is 7.11 Å². The zero-order valence-electron chi connectivity index (χ0n) is 17.3. The van der Waals surface area contributed by atoms with Gasteiger partial charge in [-0.25, -0.2) is 9.78 Å². The van der Waals surface area contributed by atoms with Crippen molar-refractivity contribution in [3.8, 4) is 33.7 Å². The van der Waals surface area contributed by atoms with Crippen LogP contribution in [0.2, 0.25) is 0 Å². The molecule has 0 aliphatic carbocycles. The van der Waals surface area contributed by atoms with E-state index in [-0.39, 0.29) is 5.56 Å². The number of fused-ring (bicyclic) bond motifs is 1. The van der Waals surface area contributed by atoms with Gasteiger partial charge >= 0.3 is 5.97 Å². The van der Waals surface area contributed by atoms with Gasteiger partial charge in [-0.2, -0.15) is 0 Å². The van der Waals surface area contributed by atoms with E-state index < -0.39 is 5.97 Å². The number of aromatic nitrogens is 3. The van der Waals surface area contributed by atoms with Crippen LogP contribution in [0.4, 0.5) is 0 Å². The van der Waals surface area contributed by atoms with Crippen LogP contribution in [0.15, 0.2) is 91.5 Å². The van der Waals surface area contributed by atoms with Gasteiger partial charge in [0, 0.05) is 47.0 Å². The van der Waals surface area contributed by atoms with E-state index in [4.69, 9.17) is 9.72 Å². The molecule has 3 aromatic heterocycles. The van der Waals surface area contributed by atoms with Gasteiger partial charge in [-0.3, -0.25) is 4.98 Å². The lowest BCUT2D eigenvalue weighted by atomic mass is 10.0. The molecule has 0 aliphatic heterocycles. The molecule has 6 heteroatoms. The molecule has 2 aromatic carbocycles. The summed E-state index contributed by atoms with van der Waals surface area (Å²) in [7, 11) is 1.64. The topological polar surface area (TPSA) is 77.2 Å². The zero-order valence-corrected chi connectivity index (χ0v) is 17.3. The third-order valence-electron chi connectivity index (χ3n) is 5.43. The van der Waals surface area contributed by atoms with Crippen LogP contribution >= 0.6 is 0 Å². The van der Waals surface area contributed by atoms with E-state index in [0.717, 1.165) is 44.7 Å². The van der Waals surface area contributed by atoms with Gasteiger partial charge in [-0.15, -0.1) is 0 Å². The average Bonchev–Trinajstić information content (AvgIpc) is 3.23. The van der Waals surface area contributed by atoms with Crippen molar-refractivity contribution in [2.45, 2.75) is 0 Å². The van der Waals surface area contributed by atoms with Crippen LogP contribution in [0.3, 0.4) is 0 Å². The Bertz CT molecular complexity index is 1420. The lowest BCUT2D eigenvalue weighted by Crippen LogP contribution is -1.96. The number of aromatic carboxylic acids is 1. The van der Waals surface area contributed by atoms with Crippen LogP contribution in [0, 0.1) is 0 Å². The minimum Gasteiger partial charge on any atom is -0.497 e. The molecule has 5 aromatic rings. The van der Waals surface area contributed by atoms with Crippen molar-refractivity contribution in [2.24, 2.45) is 0 Å². The molecular formula is C26H19N3O3. The number of rotatable bonds is 5. The largest absolute Gasteiger partial charge is 0.497 e. The fourth-order valence-corrected chi connectivity index (χ4v) is 3.80. The molecule has 6 nitrogen and oxygen atoms in total. The summed E-state index contributed by atoms with van der Waals surface area (Å²) in [5.41, 5.74) is 5.70. The molecule has 0 saturated carbocycles. The van der Waals surface area contributed by atoms with E-state index in [9.17, 15) is 9.90 Å². The number of hydrogen-bond acceptors (Lipinski definition) is 4. The summed E-state index contributed by atoms with van der Waals surface area (Å²) in [5.74, 6) is -0.169. The van der Waals surface area contributed by atoms with Crippen molar-refractivity contribution >= 4 is 17.0 Å². The molecule has 0 unspecified atom stereocenters. The quantitative estimate of drug-likeness (QED) is 0.408. The molecule has 3 heterocycles. The Kier molecular flexibility index (Phi) is 4.88. The Morgan fingerprint density at radius 3 is 2.44 bits per heavy atom. The Labute approximate surface area is 184 Å². The SMILES string of the molecule is COc1ccc(-n2cc(-c3ccncc3)c3cc(-c4cccc(C(=O)O)c4)cnc32)cc1. The molecule has 0 fully saturated rings. The van der Waals surface area contributed by atoms with Crippen LogP contribution < -0.4 is 4.74 Å². The predicted octanol–water partition coefficient (Wildman–Crippen LogP) is 5.46. The monoisotopic (exact) mass is 421 g/mol. The minimum absolute atomic E-state index is 0.243. The first-order chi connectivity index (χ1) is 15.6. The van der Waals surface area contributed by atoms with Gasteiger partial charge in [0.2, 0.25) is 0 Å². The Morgan fingerprint density at radius 2 is 1.72 bits per heavy atom. The van der Waals surface area contributed by atoms with E-state index in [0.29, 0.717) is 0 Å². The minimum atomic E-state index is -0.955. The van der Waals surface area contributed by atoms with Gasteiger partial charge < -0.3 is 14.4 Å². The molecule has 0 aliphatic rings. The summed E-state index contributed by atoms with van der Waals surface area (Å²) >= 11 is 0. The number of methoxy groups -OCH3 is 1. The smallest absolute Gasteiger partial charge is 0.335 e. The average molecular weight is 421 g/mol. The van der Waals surface area contributed by atoms with Crippen LogP contribution in [-0.4, -0.2) is 32.7 Å². The Hall–Kier alpha value is -4.45. The number of carbonyl (C=O) groups is 1. The van der Waals surface area contributed by atoms with E-state index in [1.807, 2.05) is 47.0 Å². The second-order valence-electron chi connectivity index (χ2n) is 7.33. The van der Waals surface area contributed by atoms with E-state index in [1.165, 1.54) is 0 Å². The van der Waals surface area contributed by atoms with E-state index in [1.54, 1.807) is 43.9 Å². The molecule has 0 saturated heterocycles. The van der Waals surface area contributed by atoms with Crippen LogP contribution in [-0.2, 0) is 0 Å². The van der Waals surface area contributed by atoms with Crippen molar-refractivity contribution in [1.29, 1.82) is 0 Å². The summed E-state index contributed by atoms with van der Waals surface area (Å²) in [6.45, 7) is 0. The second kappa shape index (κ2) is 8.00. The molecule has 0 amide bonds. The van der Waals surface area contributed by atoms with Crippen molar-refractivity contribution < 1.29 is 14.6 Å². The summed E-state index contributed by atoms with van der Waals surface area (Å²) in [6, 6.07) is 20.7. The number of nitrogens with zero attached hydrogens (tertiary/aromatic N) is 3. The van der Waals surface area contributed by atoms with Gasteiger partial charge in [0.05, 0.1) is 12.7 Å². The highest BCUT2D eigenvalue weighted by Gasteiger charge is 2.15. The summed E-state index contributed by atoms with van der Waals surface area (Å²) in [6.07, 6.45) is 7.37. The normalized spacial score (nSPS) is 10.9. The summed E-state index contributed by atoms with van der Waals surface area (Å²) in [4.78, 5) is 20.3. The summed E-state index contributed by atoms with van der Waals surface area (Å²) < 4.78 is 7.33. The highest BCUT2D eigenvalue weighted by Crippen LogP contribution is 2.34. The first kappa shape index (κ1) is 19.5. The van der Waals surface area contributed by atoms with E-state index >= 15 is 0 Å². The molecule has 5 rings (SSSR count). The Morgan fingerprint density at radius 1 is 0.938 bits per heavy atom. The van der Waals surface area contributed by atoms with Crippen LogP contribution in [0.1, 0.15) is 10.4 Å². The van der Waals surface area contributed by atoms with Crippen molar-refractivity contribution in [1.82, 2.24) is 14.5 Å². The fourth-order valence-electron chi connectivity index (χ4n) is 3.80. The van der Waals surface area contributed by atoms with Crippen LogP contribution in [0.5, 0.6) is 5.75 Å². The Balaban J connectivity index is 1.72. The maximum Gasteiger partial charge on any atom is 0.335 e. The van der Waals surface area contributed by atoms with Crippen molar-refractivity contribution in [3.63, 3.8) is 0 Å². The number of carboxylic acid groups (broad SMARTS) is 1. The number of benzene rings is 2. The van der Waals surface area contributed by atoms with Gasteiger partial charge in [0.15, 0.2) is 0 Å². The maximum absolute atomic E-state index is 11.4. The molecule has 0 spiro atoms. The molecule has 1 N–H and O–H groups in total. The van der Waals surface area contributed by atoms with Gasteiger partial charge in [0.25, 0.3) is 0 Å². The van der Waals surface area contributed by atoms with Crippen LogP contribution in [0.25, 0.3) is 39.0 Å². The fraction of sp³-hybridized carbons (Fsp3) is 0.0385. The number of pyridine rings is 2. The van der Waals surface area contributed by atoms with Gasteiger partial charge in [-0.05, 0) is 65.7 Å². The second-order valence-corrected chi connectivity index (χ2v) is 7.33. The molecule has 32 heavy (non-hydrogen) atoms. The van der Waals surface area contributed by atoms with Crippen molar-refractivity contribution in [3.05, 3.63) is 97.1 Å². The molecule has 0 radical (unpaired) electrons. The highest BCUT2D eigenvalue weighted by atomic mass is 16.5. The highest BCUT2D eigenvalue weighted by molar-refractivity contribution is 5.97. The molecular weight excluding hydrogens is 402 g/mol. The van der Waals surface area contributed by atoms with Gasteiger partial charge in [0.1, 0.15) is 11.4 Å².